The van der Waals surface area contributed by atoms with Crippen LogP contribution in [0.15, 0.2) is 97.1 Å². The number of aromatic amines is 2. The van der Waals surface area contributed by atoms with Gasteiger partial charge in [0.05, 0.1) is 22.8 Å². The van der Waals surface area contributed by atoms with Gasteiger partial charge in [-0.3, -0.25) is 0 Å². The van der Waals surface area contributed by atoms with Gasteiger partial charge in [-0.2, -0.15) is 0 Å². The van der Waals surface area contributed by atoms with Crippen LogP contribution in [0.5, 0.6) is 0 Å². The van der Waals surface area contributed by atoms with Gasteiger partial charge in [-0.25, -0.2) is 9.97 Å². The van der Waals surface area contributed by atoms with E-state index in [1.807, 2.05) is 0 Å². The van der Waals surface area contributed by atoms with Gasteiger partial charge in [0, 0.05) is 44.3 Å². The van der Waals surface area contributed by atoms with Gasteiger partial charge in [-0.15, -0.1) is 0 Å². The number of hydrogen-bond acceptors (Lipinski definition) is 2. The number of nitrogens with one attached hydrogen (secondary N) is 2. The summed E-state index contributed by atoms with van der Waals surface area (Å²) in [5.41, 5.74) is 32.2. The zero-order chi connectivity index (χ0) is 43.9. The van der Waals surface area contributed by atoms with Crippen LogP contribution in [0.4, 0.5) is 0 Å². The average Bonchev–Trinajstić information content (AvgIpc) is 4.20. The van der Waals surface area contributed by atoms with Crippen LogP contribution in [0.1, 0.15) is 192 Å². The Morgan fingerprint density at radius 2 is 0.603 bits per heavy atom. The van der Waals surface area contributed by atoms with E-state index in [-0.39, 0.29) is 0 Å². The second-order valence-electron chi connectivity index (χ2n) is 22.6. The summed E-state index contributed by atoms with van der Waals surface area (Å²) in [5, 5.41) is 0. The maximum Gasteiger partial charge on any atom is 0.0737 e. The van der Waals surface area contributed by atoms with Gasteiger partial charge >= 0.3 is 0 Å². The van der Waals surface area contributed by atoms with Gasteiger partial charge in [-0.1, -0.05) is 72.8 Å². The van der Waals surface area contributed by atoms with Crippen molar-refractivity contribution in [1.82, 2.24) is 19.9 Å². The van der Waals surface area contributed by atoms with E-state index in [2.05, 4.69) is 131 Å². The van der Waals surface area contributed by atoms with Crippen molar-refractivity contribution < 1.29 is 0 Å². The monoisotopic (exact) mass is 878 g/mol. The maximum absolute atomic E-state index is 5.87. The molecule has 0 radical (unpaired) electrons. The van der Waals surface area contributed by atoms with Crippen LogP contribution >= 0.6 is 0 Å². The van der Waals surface area contributed by atoms with Crippen LogP contribution in [-0.2, 0) is 0 Å². The van der Waals surface area contributed by atoms with E-state index in [0.717, 1.165) is 56.0 Å². The second-order valence-corrected chi connectivity index (χ2v) is 22.6. The molecule has 7 aromatic rings. The summed E-state index contributed by atoms with van der Waals surface area (Å²) in [5.74, 6) is 5.24. The first-order valence-corrected chi connectivity index (χ1v) is 26.4. The third-order valence-corrected chi connectivity index (χ3v) is 19.4. The first kappa shape index (κ1) is 37.5. The predicted molar refractivity (Wildman–Crippen MR) is 278 cm³/mol. The predicted octanol–water partition coefficient (Wildman–Crippen LogP) is 16.8. The Kier molecular flexibility index (Phi) is 7.49. The number of aromatic nitrogens is 4. The number of hydrogen-bond donors (Lipinski definition) is 2. The van der Waals surface area contributed by atoms with Crippen LogP contribution in [0, 0.1) is 0 Å². The Morgan fingerprint density at radius 3 is 0.941 bits per heavy atom. The van der Waals surface area contributed by atoms with Crippen LogP contribution in [0.25, 0.3) is 90.9 Å². The van der Waals surface area contributed by atoms with Crippen LogP contribution < -0.4 is 0 Å². The maximum atomic E-state index is 5.87. The lowest BCUT2D eigenvalue weighted by Crippen LogP contribution is -2.09. The van der Waals surface area contributed by atoms with Crippen molar-refractivity contribution in [2.45, 2.75) is 124 Å². The fraction of sp³-hybridized carbons (Fsp3) is 0.312. The van der Waals surface area contributed by atoms with Crippen molar-refractivity contribution in [3.8, 4) is 44.5 Å². The minimum Gasteiger partial charge on any atom is -0.354 e. The highest BCUT2D eigenvalue weighted by Gasteiger charge is 2.48. The summed E-state index contributed by atoms with van der Waals surface area (Å²) < 4.78 is 0. The van der Waals surface area contributed by atoms with Crippen molar-refractivity contribution in [3.63, 3.8) is 0 Å². The van der Waals surface area contributed by atoms with E-state index in [1.54, 1.807) is 44.5 Å². The zero-order valence-corrected chi connectivity index (χ0v) is 38.5. The Morgan fingerprint density at radius 1 is 0.309 bits per heavy atom. The summed E-state index contributed by atoms with van der Waals surface area (Å²) in [6.45, 7) is 0. The normalized spacial score (nSPS) is 26.6. The van der Waals surface area contributed by atoms with Crippen molar-refractivity contribution in [1.29, 1.82) is 0 Å². The molecular weight excluding hydrogens is 825 g/mol. The molecule has 4 heteroatoms. The highest BCUT2D eigenvalue weighted by Crippen LogP contribution is 2.66. The quantitative estimate of drug-likeness (QED) is 0.185. The lowest BCUT2D eigenvalue weighted by atomic mass is 9.77. The van der Waals surface area contributed by atoms with Crippen LogP contribution in [0.3, 0.4) is 0 Å². The zero-order valence-electron chi connectivity index (χ0n) is 38.5. The largest absolute Gasteiger partial charge is 0.354 e. The summed E-state index contributed by atoms with van der Waals surface area (Å²) in [6.07, 6.45) is 25.1. The standard InChI is InChI=1S/C64H54N4/c1-3-7-33(8-4-1)59-47-19-23-51(65-47)61(63-55-39-15-11-35(27-39)43(55)31-44-36-12-16-40(28-36)56(44)63)53-25-21-49(67-53)60(34-9-5-2-6-10-34)50-22-26-54(68-50)62(52-24-20-48(59)66-52)64-57-41-17-13-37(29-41)45(57)32-46-38-14-18-42(30-38)58(46)64/h1-10,19-26,31-32,35-42,65,68H,11-18,27-30H2. The second kappa shape index (κ2) is 13.6. The molecule has 5 heterocycles. The molecule has 10 aliphatic rings. The highest BCUT2D eigenvalue weighted by molar-refractivity contribution is 6.02. The Bertz CT molecular complexity index is 3310. The van der Waals surface area contributed by atoms with E-state index in [1.165, 1.54) is 110 Å². The van der Waals surface area contributed by atoms with Gasteiger partial charge in [-0.05, 0) is 240 Å². The molecule has 16 bridgehead atoms. The van der Waals surface area contributed by atoms with Crippen molar-refractivity contribution in [3.05, 3.63) is 164 Å². The Labute approximate surface area is 397 Å². The molecule has 330 valence electrons. The van der Waals surface area contributed by atoms with Gasteiger partial charge in [0.1, 0.15) is 0 Å². The molecule has 4 aromatic carbocycles. The van der Waals surface area contributed by atoms with Gasteiger partial charge in [0.15, 0.2) is 0 Å². The minimum absolute atomic E-state index is 0.621. The average molecular weight is 879 g/mol. The van der Waals surface area contributed by atoms with E-state index < -0.39 is 0 Å². The third-order valence-electron chi connectivity index (χ3n) is 19.4. The molecule has 0 spiro atoms. The first-order valence-electron chi connectivity index (χ1n) is 26.4. The number of benzene rings is 4. The molecule has 0 saturated heterocycles. The van der Waals surface area contributed by atoms with Gasteiger partial charge < -0.3 is 9.97 Å². The molecule has 8 unspecified atom stereocenters. The lowest BCUT2D eigenvalue weighted by molar-refractivity contribution is 0.692. The molecule has 4 saturated carbocycles. The smallest absolute Gasteiger partial charge is 0.0737 e. The van der Waals surface area contributed by atoms with Crippen molar-refractivity contribution in [2.24, 2.45) is 0 Å². The van der Waals surface area contributed by atoms with E-state index >= 15 is 0 Å². The fourth-order valence-corrected chi connectivity index (χ4v) is 16.8. The first-order chi connectivity index (χ1) is 33.7. The van der Waals surface area contributed by atoms with Crippen LogP contribution in [-0.4, -0.2) is 19.9 Å². The Balaban J connectivity index is 1.04. The summed E-state index contributed by atoms with van der Waals surface area (Å²) in [4.78, 5) is 20.1. The molecule has 4 nitrogen and oxygen atoms in total. The van der Waals surface area contributed by atoms with Gasteiger partial charge in [0.25, 0.3) is 0 Å². The molecule has 8 aliphatic carbocycles. The van der Waals surface area contributed by atoms with Gasteiger partial charge in [0.2, 0.25) is 0 Å². The summed E-state index contributed by atoms with van der Waals surface area (Å²) in [7, 11) is 0. The molecule has 2 N–H and O–H groups in total. The van der Waals surface area contributed by atoms with E-state index in [9.17, 15) is 0 Å². The van der Waals surface area contributed by atoms with E-state index in [0.29, 0.717) is 47.3 Å². The Hall–Kier alpha value is -6.52. The minimum atomic E-state index is 0.621. The molecule has 8 atom stereocenters. The lowest BCUT2D eigenvalue weighted by Gasteiger charge is -2.28. The van der Waals surface area contributed by atoms with Crippen molar-refractivity contribution in [2.75, 3.05) is 0 Å². The summed E-state index contributed by atoms with van der Waals surface area (Å²) >= 11 is 0. The van der Waals surface area contributed by atoms with Crippen molar-refractivity contribution >= 4 is 46.4 Å². The number of nitrogens with zero attached hydrogens (tertiary/aromatic N) is 2. The fourth-order valence-electron chi connectivity index (χ4n) is 16.8. The highest BCUT2D eigenvalue weighted by atomic mass is 14.8. The SMILES string of the molecule is C1=Cc2nc1c(-c1ccccc1)c1ccc([nH]1)c(-c1c3c(cc4c1C1CCC4C1)C1CCC3C1)c1nc(c(-c3ccccc3)c3ccc([nH]3)c2-c2c3c(cc4c2C2CCC4C2)C2CCC3C2)C=C1. The molecule has 0 amide bonds. The molecule has 68 heavy (non-hydrogen) atoms. The molecular formula is C64H54N4. The number of rotatable bonds is 4. The third kappa shape index (κ3) is 5.01. The molecule has 2 aliphatic heterocycles. The van der Waals surface area contributed by atoms with E-state index in [4.69, 9.17) is 9.97 Å². The number of fused-ring (bicyclic) bond motifs is 28. The molecule has 4 fully saturated rings. The summed E-state index contributed by atoms with van der Waals surface area (Å²) in [6, 6.07) is 37.0. The molecule has 3 aromatic heterocycles. The number of H-pyrrole nitrogens is 2. The molecule has 17 rings (SSSR count). The van der Waals surface area contributed by atoms with Crippen LogP contribution in [0.2, 0.25) is 0 Å². The topological polar surface area (TPSA) is 57.4 Å².